The summed E-state index contributed by atoms with van der Waals surface area (Å²) in [7, 11) is 0. The van der Waals surface area contributed by atoms with Crippen LogP contribution < -0.4 is 12.4 Å². The monoisotopic (exact) mass is 402 g/mol. The second-order valence-electron chi connectivity index (χ2n) is 7.91. The zero-order chi connectivity index (χ0) is 18.0. The molecule has 0 saturated heterocycles. The summed E-state index contributed by atoms with van der Waals surface area (Å²) in [5.74, 6) is 0. The van der Waals surface area contributed by atoms with E-state index in [1.165, 1.54) is 75.0 Å². The summed E-state index contributed by atoms with van der Waals surface area (Å²) < 4.78 is 0. The third kappa shape index (κ3) is 2.55. The molecule has 0 unspecified atom stereocenters. The topological polar surface area (TPSA) is 12.9 Å². The van der Waals surface area contributed by atoms with Gasteiger partial charge in [0.1, 0.15) is 4.83 Å². The standard InChI is InChI=1S/C25H21NS.ClH/c1-15-7-6-9-17(13-15)22-20-14-16-8-2-3-10-18(16)24(20)26-25-23(22)19-11-4-5-12-21(19)27-25;/h2-3,6-10,13H,4-5,11-12,14H2,1H3;1H/p-1. The number of aryl methyl sites for hydroxylation is 3. The minimum absolute atomic E-state index is 0. The summed E-state index contributed by atoms with van der Waals surface area (Å²) in [6, 6.07) is 17.8. The first kappa shape index (κ1) is 17.9. The fourth-order valence-electron chi connectivity index (χ4n) is 4.94. The van der Waals surface area contributed by atoms with Gasteiger partial charge in [0.2, 0.25) is 0 Å². The van der Waals surface area contributed by atoms with Gasteiger partial charge in [0.15, 0.2) is 0 Å². The Balaban J connectivity index is 0.00000171. The summed E-state index contributed by atoms with van der Waals surface area (Å²) >= 11 is 1.94. The largest absolute Gasteiger partial charge is 1.00 e. The Morgan fingerprint density at radius 3 is 2.68 bits per heavy atom. The Hall–Kier alpha value is -2.16. The van der Waals surface area contributed by atoms with Gasteiger partial charge >= 0.3 is 0 Å². The molecule has 2 aromatic carbocycles. The molecule has 28 heavy (non-hydrogen) atoms. The average Bonchev–Trinajstić information content (AvgIpc) is 3.24. The van der Waals surface area contributed by atoms with Crippen LogP contribution in [0.4, 0.5) is 0 Å². The lowest BCUT2D eigenvalue weighted by molar-refractivity contribution is -0.00000523. The van der Waals surface area contributed by atoms with Gasteiger partial charge in [-0.15, -0.1) is 11.3 Å². The van der Waals surface area contributed by atoms with Crippen molar-refractivity contribution < 1.29 is 12.4 Å². The lowest BCUT2D eigenvalue weighted by Gasteiger charge is -2.15. The molecule has 4 aromatic rings. The molecule has 0 aliphatic heterocycles. The molecule has 0 N–H and O–H groups in total. The fourth-order valence-corrected chi connectivity index (χ4v) is 6.21. The zero-order valence-corrected chi connectivity index (χ0v) is 17.5. The van der Waals surface area contributed by atoms with Crippen molar-refractivity contribution in [1.82, 2.24) is 4.98 Å². The van der Waals surface area contributed by atoms with E-state index in [-0.39, 0.29) is 12.4 Å². The fraction of sp³-hybridized carbons (Fsp3) is 0.240. The van der Waals surface area contributed by atoms with E-state index in [4.69, 9.17) is 4.98 Å². The van der Waals surface area contributed by atoms with Gasteiger partial charge in [-0.2, -0.15) is 0 Å². The van der Waals surface area contributed by atoms with Crippen LogP contribution in [0.15, 0.2) is 48.5 Å². The Bertz CT molecular complexity index is 1220. The lowest BCUT2D eigenvalue weighted by Crippen LogP contribution is -3.00. The van der Waals surface area contributed by atoms with Crippen molar-refractivity contribution in [2.45, 2.75) is 39.0 Å². The van der Waals surface area contributed by atoms with Crippen molar-refractivity contribution in [2.75, 3.05) is 0 Å². The van der Waals surface area contributed by atoms with Gasteiger partial charge in [-0.3, -0.25) is 0 Å². The number of hydrogen-bond acceptors (Lipinski definition) is 2. The van der Waals surface area contributed by atoms with Gasteiger partial charge in [-0.25, -0.2) is 4.98 Å². The maximum absolute atomic E-state index is 5.23. The minimum Gasteiger partial charge on any atom is -1.00 e. The molecule has 0 spiro atoms. The number of halogens is 1. The van der Waals surface area contributed by atoms with E-state index >= 15 is 0 Å². The molecular weight excluding hydrogens is 382 g/mol. The first-order valence-electron chi connectivity index (χ1n) is 9.92. The van der Waals surface area contributed by atoms with Crippen LogP contribution >= 0.6 is 11.3 Å². The second kappa shape index (κ2) is 6.72. The molecule has 0 saturated carbocycles. The molecule has 0 fully saturated rings. The van der Waals surface area contributed by atoms with Crippen LogP contribution in [0.1, 0.15) is 40.0 Å². The predicted octanol–water partition coefficient (Wildman–Crippen LogP) is 3.73. The number of thiophene rings is 1. The summed E-state index contributed by atoms with van der Waals surface area (Å²) in [6.45, 7) is 2.19. The van der Waals surface area contributed by atoms with Crippen LogP contribution in [0.5, 0.6) is 0 Å². The Morgan fingerprint density at radius 1 is 0.929 bits per heavy atom. The van der Waals surface area contributed by atoms with Crippen LogP contribution in [-0.2, 0) is 19.3 Å². The molecule has 3 heteroatoms. The molecule has 2 aliphatic rings. The Kier molecular flexibility index (Phi) is 4.30. The van der Waals surface area contributed by atoms with E-state index in [9.17, 15) is 0 Å². The van der Waals surface area contributed by atoms with Crippen molar-refractivity contribution in [3.63, 3.8) is 0 Å². The second-order valence-corrected chi connectivity index (χ2v) is 8.99. The van der Waals surface area contributed by atoms with Gasteiger partial charge in [0.25, 0.3) is 0 Å². The van der Waals surface area contributed by atoms with Crippen molar-refractivity contribution in [1.29, 1.82) is 0 Å². The molecule has 0 radical (unpaired) electrons. The quantitative estimate of drug-likeness (QED) is 0.416. The highest BCUT2D eigenvalue weighted by atomic mass is 35.5. The minimum atomic E-state index is 0. The van der Waals surface area contributed by atoms with E-state index in [1.807, 2.05) is 11.3 Å². The van der Waals surface area contributed by atoms with Crippen LogP contribution in [0, 0.1) is 6.92 Å². The smallest absolute Gasteiger partial charge is 0.125 e. The van der Waals surface area contributed by atoms with E-state index in [0.29, 0.717) is 0 Å². The zero-order valence-electron chi connectivity index (χ0n) is 15.9. The number of benzene rings is 2. The number of fused-ring (bicyclic) bond motifs is 6. The van der Waals surface area contributed by atoms with Crippen LogP contribution in [0.3, 0.4) is 0 Å². The first-order chi connectivity index (χ1) is 13.3. The maximum atomic E-state index is 5.23. The van der Waals surface area contributed by atoms with Gasteiger partial charge in [-0.05, 0) is 60.4 Å². The summed E-state index contributed by atoms with van der Waals surface area (Å²) in [6.07, 6.45) is 6.07. The van der Waals surface area contributed by atoms with Gasteiger partial charge in [0.05, 0.1) is 5.69 Å². The highest BCUT2D eigenvalue weighted by Crippen LogP contribution is 2.48. The van der Waals surface area contributed by atoms with Crippen molar-refractivity contribution in [3.8, 4) is 22.4 Å². The highest BCUT2D eigenvalue weighted by molar-refractivity contribution is 7.19. The van der Waals surface area contributed by atoms with E-state index in [1.54, 1.807) is 10.4 Å². The molecular formula is C25H21ClNS-. The third-order valence-electron chi connectivity index (χ3n) is 6.15. The van der Waals surface area contributed by atoms with Gasteiger partial charge < -0.3 is 12.4 Å². The first-order valence-corrected chi connectivity index (χ1v) is 10.7. The number of nitrogens with zero attached hydrogens (tertiary/aromatic N) is 1. The van der Waals surface area contributed by atoms with Gasteiger partial charge in [0, 0.05) is 22.2 Å². The molecule has 0 bridgehead atoms. The Morgan fingerprint density at radius 2 is 1.79 bits per heavy atom. The van der Waals surface area contributed by atoms with E-state index in [2.05, 4.69) is 55.5 Å². The molecule has 1 nitrogen and oxygen atoms in total. The number of hydrogen-bond donors (Lipinski definition) is 0. The molecule has 2 aliphatic carbocycles. The normalized spacial score (nSPS) is 14.3. The van der Waals surface area contributed by atoms with E-state index in [0.717, 1.165) is 6.42 Å². The molecule has 140 valence electrons. The van der Waals surface area contributed by atoms with Crippen LogP contribution in [0.25, 0.3) is 32.6 Å². The van der Waals surface area contributed by atoms with Crippen LogP contribution in [0.2, 0.25) is 0 Å². The van der Waals surface area contributed by atoms with Crippen molar-refractivity contribution in [3.05, 3.63) is 75.7 Å². The van der Waals surface area contributed by atoms with E-state index < -0.39 is 0 Å². The van der Waals surface area contributed by atoms with Gasteiger partial charge in [-0.1, -0.05) is 54.1 Å². The molecule has 0 amide bonds. The van der Waals surface area contributed by atoms with Crippen molar-refractivity contribution >= 4 is 21.6 Å². The SMILES string of the molecule is Cc1cccc(-c2c3c(nc4sc5c(c24)CCCC5)-c2ccccc2C3)c1.[Cl-]. The predicted molar refractivity (Wildman–Crippen MR) is 115 cm³/mol. The molecule has 2 aromatic heterocycles. The number of rotatable bonds is 1. The Labute approximate surface area is 175 Å². The average molecular weight is 403 g/mol. The summed E-state index contributed by atoms with van der Waals surface area (Å²) in [4.78, 5) is 8.05. The molecule has 2 heterocycles. The third-order valence-corrected chi connectivity index (χ3v) is 7.34. The number of aromatic nitrogens is 1. The molecule has 6 rings (SSSR count). The molecule has 0 atom stereocenters. The van der Waals surface area contributed by atoms with Crippen molar-refractivity contribution in [2.24, 2.45) is 0 Å². The van der Waals surface area contributed by atoms with Crippen LogP contribution in [-0.4, -0.2) is 4.98 Å². The number of pyridine rings is 1. The summed E-state index contributed by atoms with van der Waals surface area (Å²) in [5, 5.41) is 1.45. The lowest BCUT2D eigenvalue weighted by atomic mass is 9.89. The summed E-state index contributed by atoms with van der Waals surface area (Å²) in [5.41, 5.74) is 11.1. The maximum Gasteiger partial charge on any atom is 0.125 e. The highest BCUT2D eigenvalue weighted by Gasteiger charge is 2.28.